The van der Waals surface area contributed by atoms with E-state index < -0.39 is 0 Å². The number of amides is 1. The van der Waals surface area contributed by atoms with Gasteiger partial charge in [0.25, 0.3) is 5.91 Å². The largest absolute Gasteiger partial charge is 0.354 e. The number of aromatic nitrogens is 1. The zero-order valence-electron chi connectivity index (χ0n) is 19.4. The number of benzene rings is 1. The zero-order chi connectivity index (χ0) is 22.4. The number of Topliss-reactive ketones (excluding diaryl/α,β-unsaturated/α-hetero) is 1. The van der Waals surface area contributed by atoms with Gasteiger partial charge in [0, 0.05) is 50.5 Å². The van der Waals surface area contributed by atoms with Gasteiger partial charge in [0.05, 0.1) is 0 Å². The summed E-state index contributed by atoms with van der Waals surface area (Å²) in [5, 5.41) is 3.08. The number of nitrogens with zero attached hydrogens (tertiary/aromatic N) is 2. The van der Waals surface area contributed by atoms with Crippen LogP contribution in [0.1, 0.15) is 70.4 Å². The van der Waals surface area contributed by atoms with Crippen LogP contribution in [0.15, 0.2) is 24.3 Å². The molecule has 3 rings (SSSR count). The second-order valence-corrected chi connectivity index (χ2v) is 8.45. The molecule has 1 aliphatic rings. The van der Waals surface area contributed by atoms with Crippen LogP contribution in [0.3, 0.4) is 0 Å². The number of nitrogens with one attached hydrogen (secondary N) is 2. The molecule has 6 heteroatoms. The van der Waals surface area contributed by atoms with Crippen LogP contribution in [-0.2, 0) is 19.5 Å². The Kier molecular flexibility index (Phi) is 8.04. The quantitative estimate of drug-likeness (QED) is 0.604. The summed E-state index contributed by atoms with van der Waals surface area (Å²) in [5.74, 6) is -0.143. The molecule has 31 heavy (non-hydrogen) atoms. The van der Waals surface area contributed by atoms with E-state index in [9.17, 15) is 9.59 Å². The first kappa shape index (κ1) is 23.2. The summed E-state index contributed by atoms with van der Waals surface area (Å²) in [6.07, 6.45) is 1.59. The molecule has 1 amide bonds. The fraction of sp³-hybridized carbons (Fsp3) is 0.520. The number of carbonyl (C=O) groups is 2. The van der Waals surface area contributed by atoms with Gasteiger partial charge in [-0.3, -0.25) is 14.5 Å². The molecule has 2 N–H and O–H groups in total. The van der Waals surface area contributed by atoms with E-state index in [1.807, 2.05) is 13.0 Å². The SMILES string of the molecule is CCCc1c(C(=O)NCc2ccccc2CN2CCN(CC)CC2)[nH]c(C)c1C(C)=O. The van der Waals surface area contributed by atoms with Gasteiger partial charge in [-0.1, -0.05) is 44.5 Å². The van der Waals surface area contributed by atoms with E-state index >= 15 is 0 Å². The average molecular weight is 425 g/mol. The van der Waals surface area contributed by atoms with Crippen LogP contribution in [0.2, 0.25) is 0 Å². The Morgan fingerprint density at radius 2 is 1.68 bits per heavy atom. The molecule has 0 radical (unpaired) electrons. The zero-order valence-corrected chi connectivity index (χ0v) is 19.4. The van der Waals surface area contributed by atoms with Crippen molar-refractivity contribution in [2.75, 3.05) is 32.7 Å². The number of hydrogen-bond donors (Lipinski definition) is 2. The van der Waals surface area contributed by atoms with Crippen molar-refractivity contribution in [2.24, 2.45) is 0 Å². The van der Waals surface area contributed by atoms with E-state index in [-0.39, 0.29) is 11.7 Å². The van der Waals surface area contributed by atoms with Crippen molar-refractivity contribution in [2.45, 2.75) is 53.6 Å². The molecule has 2 aromatic rings. The summed E-state index contributed by atoms with van der Waals surface area (Å²) in [5.41, 5.74) is 5.20. The van der Waals surface area contributed by atoms with Crippen LogP contribution in [-0.4, -0.2) is 59.2 Å². The predicted octanol–water partition coefficient (Wildman–Crippen LogP) is 3.55. The minimum absolute atomic E-state index is 0.00441. The molecular weight excluding hydrogens is 388 g/mol. The number of carbonyl (C=O) groups excluding carboxylic acids is 2. The van der Waals surface area contributed by atoms with Crippen molar-refractivity contribution >= 4 is 11.7 Å². The summed E-state index contributed by atoms with van der Waals surface area (Å²) in [6.45, 7) is 14.6. The van der Waals surface area contributed by atoms with Gasteiger partial charge in [-0.2, -0.15) is 0 Å². The summed E-state index contributed by atoms with van der Waals surface area (Å²) < 4.78 is 0. The first-order valence-electron chi connectivity index (χ1n) is 11.5. The summed E-state index contributed by atoms with van der Waals surface area (Å²) in [4.78, 5) is 33.2. The Hall–Kier alpha value is -2.44. The van der Waals surface area contributed by atoms with Crippen LogP contribution in [0.4, 0.5) is 0 Å². The number of likely N-dealkylation sites (N-methyl/N-ethyl adjacent to an activating group) is 1. The van der Waals surface area contributed by atoms with Crippen molar-refractivity contribution < 1.29 is 9.59 Å². The van der Waals surface area contributed by atoms with Crippen LogP contribution in [0.5, 0.6) is 0 Å². The lowest BCUT2D eigenvalue weighted by Gasteiger charge is -2.34. The molecule has 0 bridgehead atoms. The van der Waals surface area contributed by atoms with E-state index in [4.69, 9.17) is 0 Å². The minimum Gasteiger partial charge on any atom is -0.354 e. The number of piperazine rings is 1. The molecule has 0 aliphatic carbocycles. The van der Waals surface area contributed by atoms with E-state index in [1.54, 1.807) is 6.92 Å². The average Bonchev–Trinajstić information content (AvgIpc) is 3.10. The molecule has 1 fully saturated rings. The number of ketones is 1. The van der Waals surface area contributed by atoms with E-state index in [0.717, 1.165) is 62.5 Å². The molecule has 1 saturated heterocycles. The van der Waals surface area contributed by atoms with Crippen LogP contribution in [0, 0.1) is 6.92 Å². The highest BCUT2D eigenvalue weighted by molar-refractivity contribution is 6.02. The van der Waals surface area contributed by atoms with Crippen molar-refractivity contribution in [1.82, 2.24) is 20.1 Å². The van der Waals surface area contributed by atoms with Crippen molar-refractivity contribution in [1.29, 1.82) is 0 Å². The van der Waals surface area contributed by atoms with Crippen molar-refractivity contribution in [3.63, 3.8) is 0 Å². The van der Waals surface area contributed by atoms with Crippen molar-refractivity contribution in [3.05, 3.63) is 57.9 Å². The van der Waals surface area contributed by atoms with Gasteiger partial charge in [-0.05, 0) is 43.5 Å². The molecule has 2 heterocycles. The second kappa shape index (κ2) is 10.7. The van der Waals surface area contributed by atoms with Crippen LogP contribution < -0.4 is 5.32 Å². The molecule has 1 aromatic heterocycles. The normalized spacial score (nSPS) is 15.2. The summed E-state index contributed by atoms with van der Waals surface area (Å²) in [7, 11) is 0. The predicted molar refractivity (Wildman–Crippen MR) is 125 cm³/mol. The fourth-order valence-electron chi connectivity index (χ4n) is 4.50. The van der Waals surface area contributed by atoms with Gasteiger partial charge in [0.2, 0.25) is 0 Å². The highest BCUT2D eigenvalue weighted by Gasteiger charge is 2.22. The first-order valence-corrected chi connectivity index (χ1v) is 11.5. The van der Waals surface area contributed by atoms with E-state index in [2.05, 4.69) is 52.1 Å². The van der Waals surface area contributed by atoms with Gasteiger partial charge >= 0.3 is 0 Å². The molecule has 1 aromatic carbocycles. The first-order chi connectivity index (χ1) is 14.9. The maximum Gasteiger partial charge on any atom is 0.268 e. The Labute approximate surface area is 186 Å². The third-order valence-electron chi connectivity index (χ3n) is 6.23. The molecule has 1 aliphatic heterocycles. The smallest absolute Gasteiger partial charge is 0.268 e. The molecular formula is C25H36N4O2. The number of rotatable bonds is 9. The maximum atomic E-state index is 13.0. The monoisotopic (exact) mass is 424 g/mol. The van der Waals surface area contributed by atoms with E-state index in [1.165, 1.54) is 5.56 Å². The molecule has 168 valence electrons. The third kappa shape index (κ3) is 5.63. The highest BCUT2D eigenvalue weighted by atomic mass is 16.2. The number of aromatic amines is 1. The van der Waals surface area contributed by atoms with Crippen LogP contribution >= 0.6 is 0 Å². The van der Waals surface area contributed by atoms with Gasteiger partial charge in [-0.15, -0.1) is 0 Å². The molecule has 0 unspecified atom stereocenters. The lowest BCUT2D eigenvalue weighted by molar-refractivity contribution is 0.0945. The van der Waals surface area contributed by atoms with Gasteiger partial charge < -0.3 is 15.2 Å². The van der Waals surface area contributed by atoms with E-state index in [0.29, 0.717) is 24.2 Å². The second-order valence-electron chi connectivity index (χ2n) is 8.45. The van der Waals surface area contributed by atoms with Gasteiger partial charge in [0.15, 0.2) is 5.78 Å². The standard InChI is InChI=1S/C25H36N4O2/c1-5-9-22-23(19(4)30)18(3)27-24(22)25(31)26-16-20-10-7-8-11-21(20)17-29-14-12-28(6-2)13-15-29/h7-8,10-11,27H,5-6,9,12-17H2,1-4H3,(H,26,31). The topological polar surface area (TPSA) is 68.4 Å². The molecule has 6 nitrogen and oxygen atoms in total. The lowest BCUT2D eigenvalue weighted by Crippen LogP contribution is -2.45. The molecule has 0 atom stereocenters. The Morgan fingerprint density at radius 1 is 1.03 bits per heavy atom. The van der Waals surface area contributed by atoms with Crippen molar-refractivity contribution in [3.8, 4) is 0 Å². The summed E-state index contributed by atoms with van der Waals surface area (Å²) >= 11 is 0. The number of aryl methyl sites for hydroxylation is 1. The highest BCUT2D eigenvalue weighted by Crippen LogP contribution is 2.22. The minimum atomic E-state index is -0.148. The fourth-order valence-corrected chi connectivity index (χ4v) is 4.50. The van der Waals surface area contributed by atoms with Crippen LogP contribution in [0.25, 0.3) is 0 Å². The third-order valence-corrected chi connectivity index (χ3v) is 6.23. The Morgan fingerprint density at radius 3 is 2.29 bits per heavy atom. The Balaban J connectivity index is 1.69. The molecule has 0 saturated carbocycles. The Bertz CT molecular complexity index is 910. The number of hydrogen-bond acceptors (Lipinski definition) is 4. The van der Waals surface area contributed by atoms with Gasteiger partial charge in [0.1, 0.15) is 5.69 Å². The molecule has 0 spiro atoms. The maximum absolute atomic E-state index is 13.0. The summed E-state index contributed by atoms with van der Waals surface area (Å²) in [6, 6.07) is 8.33. The lowest BCUT2D eigenvalue weighted by atomic mass is 10.0. The van der Waals surface area contributed by atoms with Gasteiger partial charge in [-0.25, -0.2) is 0 Å². The number of H-pyrrole nitrogens is 1.